The molecule has 0 aliphatic carbocycles. The highest BCUT2D eigenvalue weighted by Crippen LogP contribution is 2.32. The van der Waals surface area contributed by atoms with Gasteiger partial charge in [-0.15, -0.1) is 0 Å². The van der Waals surface area contributed by atoms with Crippen LogP contribution in [0.25, 0.3) is 6.08 Å². The summed E-state index contributed by atoms with van der Waals surface area (Å²) in [5.41, 5.74) is 1.76. The maximum absolute atomic E-state index is 13.0. The van der Waals surface area contributed by atoms with Gasteiger partial charge in [-0.05, 0) is 68.1 Å². The maximum atomic E-state index is 13.0. The Bertz CT molecular complexity index is 905. The van der Waals surface area contributed by atoms with Crippen LogP contribution in [0.1, 0.15) is 31.2 Å². The van der Waals surface area contributed by atoms with Crippen LogP contribution in [0, 0.1) is 11.7 Å². The van der Waals surface area contributed by atoms with E-state index in [1.807, 2.05) is 24.3 Å². The normalized spacial score (nSPS) is 17.1. The topological polar surface area (TPSA) is 50.8 Å². The Morgan fingerprint density at radius 3 is 2.58 bits per heavy atom. The summed E-state index contributed by atoms with van der Waals surface area (Å²) >= 11 is 0. The summed E-state index contributed by atoms with van der Waals surface area (Å²) in [6, 6.07) is 12.0. The van der Waals surface area contributed by atoms with Gasteiger partial charge in [0.15, 0.2) is 11.5 Å². The van der Waals surface area contributed by atoms with Crippen LogP contribution in [-0.2, 0) is 4.79 Å². The molecule has 2 heterocycles. The molecule has 0 radical (unpaired) electrons. The standard InChI is InChI=1S/C25H29FN2O3/c26-21-6-3-19(4-7-21)2-1-13-28-14-11-20(12-15-28)5-10-25(29)27-22-8-9-23-24(18-22)31-17-16-30-23/h1-4,6-9,18,20H,5,10-17H2,(H,27,29)/b2-1+. The average Bonchev–Trinajstić information content (AvgIpc) is 2.80. The van der Waals surface area contributed by atoms with E-state index in [9.17, 15) is 9.18 Å². The number of rotatable bonds is 7. The van der Waals surface area contributed by atoms with Crippen molar-refractivity contribution in [2.24, 2.45) is 5.92 Å². The summed E-state index contributed by atoms with van der Waals surface area (Å²) in [7, 11) is 0. The number of hydrogen-bond donors (Lipinski definition) is 1. The molecule has 2 aliphatic rings. The highest BCUT2D eigenvalue weighted by atomic mass is 19.1. The van der Waals surface area contributed by atoms with Gasteiger partial charge in [0.05, 0.1) is 0 Å². The number of amides is 1. The third kappa shape index (κ3) is 6.31. The van der Waals surface area contributed by atoms with Gasteiger partial charge in [0, 0.05) is 24.7 Å². The second-order valence-corrected chi connectivity index (χ2v) is 8.14. The smallest absolute Gasteiger partial charge is 0.224 e. The number of carbonyl (C=O) groups is 1. The minimum Gasteiger partial charge on any atom is -0.486 e. The van der Waals surface area contributed by atoms with Crippen LogP contribution in [-0.4, -0.2) is 43.7 Å². The molecule has 4 rings (SSSR count). The average molecular weight is 425 g/mol. The number of halogens is 1. The van der Waals surface area contributed by atoms with Crippen LogP contribution < -0.4 is 14.8 Å². The molecule has 1 saturated heterocycles. The van der Waals surface area contributed by atoms with Gasteiger partial charge in [0.2, 0.25) is 5.91 Å². The molecule has 2 aromatic rings. The molecular formula is C25H29FN2O3. The molecular weight excluding hydrogens is 395 g/mol. The van der Waals surface area contributed by atoms with Crippen molar-refractivity contribution in [3.8, 4) is 11.5 Å². The zero-order valence-corrected chi connectivity index (χ0v) is 17.7. The zero-order chi connectivity index (χ0) is 21.5. The number of anilines is 1. The lowest BCUT2D eigenvalue weighted by Gasteiger charge is -2.31. The van der Waals surface area contributed by atoms with E-state index in [4.69, 9.17) is 9.47 Å². The fourth-order valence-electron chi connectivity index (χ4n) is 4.05. The van der Waals surface area contributed by atoms with Crippen LogP contribution in [0.15, 0.2) is 48.5 Å². The molecule has 0 aromatic heterocycles. The first kappa shape index (κ1) is 21.4. The number of fused-ring (bicyclic) bond motifs is 1. The highest BCUT2D eigenvalue weighted by molar-refractivity contribution is 5.91. The van der Waals surface area contributed by atoms with Gasteiger partial charge < -0.3 is 14.8 Å². The summed E-state index contributed by atoms with van der Waals surface area (Å²) < 4.78 is 24.0. The SMILES string of the molecule is O=C(CCC1CCN(C/C=C/c2ccc(F)cc2)CC1)Nc1ccc2c(c1)OCCO2. The molecule has 0 bridgehead atoms. The molecule has 0 spiro atoms. The van der Waals surface area contributed by atoms with Gasteiger partial charge >= 0.3 is 0 Å². The van der Waals surface area contributed by atoms with Crippen molar-refractivity contribution in [3.63, 3.8) is 0 Å². The number of hydrogen-bond acceptors (Lipinski definition) is 4. The van der Waals surface area contributed by atoms with Gasteiger partial charge in [0.1, 0.15) is 19.0 Å². The molecule has 31 heavy (non-hydrogen) atoms. The second-order valence-electron chi connectivity index (χ2n) is 8.14. The summed E-state index contributed by atoms with van der Waals surface area (Å²) in [6.07, 6.45) is 7.84. The molecule has 2 aliphatic heterocycles. The third-order valence-electron chi connectivity index (χ3n) is 5.86. The number of likely N-dealkylation sites (tertiary alicyclic amines) is 1. The van der Waals surface area contributed by atoms with E-state index in [1.165, 1.54) is 12.1 Å². The molecule has 1 N–H and O–H groups in total. The van der Waals surface area contributed by atoms with Crippen molar-refractivity contribution >= 4 is 17.7 Å². The molecule has 6 heteroatoms. The van der Waals surface area contributed by atoms with E-state index >= 15 is 0 Å². The Labute approximate surface area is 182 Å². The summed E-state index contributed by atoms with van der Waals surface area (Å²) in [5.74, 6) is 1.83. The van der Waals surface area contributed by atoms with Gasteiger partial charge in [0.25, 0.3) is 0 Å². The molecule has 0 unspecified atom stereocenters. The molecule has 5 nitrogen and oxygen atoms in total. The number of benzene rings is 2. The van der Waals surface area contributed by atoms with Crippen molar-refractivity contribution in [1.29, 1.82) is 0 Å². The first-order chi connectivity index (χ1) is 15.2. The van der Waals surface area contributed by atoms with Crippen LogP contribution in [0.5, 0.6) is 11.5 Å². The minimum absolute atomic E-state index is 0.0429. The molecule has 2 aromatic carbocycles. The summed E-state index contributed by atoms with van der Waals surface area (Å²) in [5, 5.41) is 2.97. The van der Waals surface area contributed by atoms with E-state index < -0.39 is 0 Å². The van der Waals surface area contributed by atoms with Crippen molar-refractivity contribution in [2.75, 3.05) is 38.2 Å². The van der Waals surface area contributed by atoms with E-state index in [0.717, 1.165) is 55.9 Å². The Balaban J connectivity index is 1.15. The highest BCUT2D eigenvalue weighted by Gasteiger charge is 2.19. The van der Waals surface area contributed by atoms with Gasteiger partial charge in [-0.3, -0.25) is 9.69 Å². The zero-order valence-electron chi connectivity index (χ0n) is 17.7. The maximum Gasteiger partial charge on any atom is 0.224 e. The first-order valence-electron chi connectivity index (χ1n) is 11.0. The Morgan fingerprint density at radius 1 is 1.06 bits per heavy atom. The first-order valence-corrected chi connectivity index (χ1v) is 11.0. The predicted molar refractivity (Wildman–Crippen MR) is 120 cm³/mol. The molecule has 1 amide bonds. The fourth-order valence-corrected chi connectivity index (χ4v) is 4.05. The number of piperidine rings is 1. The van der Waals surface area contributed by atoms with Gasteiger partial charge in [-0.1, -0.05) is 24.3 Å². The van der Waals surface area contributed by atoms with Gasteiger partial charge in [-0.25, -0.2) is 4.39 Å². The van der Waals surface area contributed by atoms with Crippen molar-refractivity contribution in [2.45, 2.75) is 25.7 Å². The lowest BCUT2D eigenvalue weighted by atomic mass is 9.92. The lowest BCUT2D eigenvalue weighted by Crippen LogP contribution is -2.34. The van der Waals surface area contributed by atoms with Crippen LogP contribution in [0.2, 0.25) is 0 Å². The second kappa shape index (κ2) is 10.4. The van der Waals surface area contributed by atoms with E-state index in [-0.39, 0.29) is 11.7 Å². The molecule has 0 atom stereocenters. The monoisotopic (exact) mass is 424 g/mol. The van der Waals surface area contributed by atoms with Crippen LogP contribution >= 0.6 is 0 Å². The lowest BCUT2D eigenvalue weighted by molar-refractivity contribution is -0.116. The predicted octanol–water partition coefficient (Wildman–Crippen LogP) is 4.74. The van der Waals surface area contributed by atoms with Crippen LogP contribution in [0.3, 0.4) is 0 Å². The number of nitrogens with one attached hydrogen (secondary N) is 1. The minimum atomic E-state index is -0.209. The van der Waals surface area contributed by atoms with Crippen molar-refractivity contribution in [3.05, 3.63) is 59.9 Å². The molecule has 1 fully saturated rings. The third-order valence-corrected chi connectivity index (χ3v) is 5.86. The number of carbonyl (C=O) groups excluding carboxylic acids is 1. The van der Waals surface area contributed by atoms with E-state index in [0.29, 0.717) is 31.3 Å². The Hall–Kier alpha value is -2.86. The summed E-state index contributed by atoms with van der Waals surface area (Å²) in [6.45, 7) is 4.08. The fraction of sp³-hybridized carbons (Fsp3) is 0.400. The number of ether oxygens (including phenoxy) is 2. The Kier molecular flexibility index (Phi) is 7.20. The summed E-state index contributed by atoms with van der Waals surface area (Å²) in [4.78, 5) is 14.8. The quantitative estimate of drug-likeness (QED) is 0.698. The van der Waals surface area contributed by atoms with Crippen LogP contribution in [0.4, 0.5) is 10.1 Å². The number of nitrogens with zero attached hydrogens (tertiary/aromatic N) is 1. The largest absolute Gasteiger partial charge is 0.486 e. The van der Waals surface area contributed by atoms with Gasteiger partial charge in [-0.2, -0.15) is 0 Å². The molecule has 0 saturated carbocycles. The van der Waals surface area contributed by atoms with E-state index in [2.05, 4.69) is 16.3 Å². The Morgan fingerprint density at radius 2 is 1.81 bits per heavy atom. The van der Waals surface area contributed by atoms with Crippen molar-refractivity contribution < 1.29 is 18.7 Å². The molecule has 164 valence electrons. The van der Waals surface area contributed by atoms with E-state index in [1.54, 1.807) is 12.1 Å². The van der Waals surface area contributed by atoms with Crippen molar-refractivity contribution in [1.82, 2.24) is 4.90 Å².